The van der Waals surface area contributed by atoms with Gasteiger partial charge in [0.25, 0.3) is 5.89 Å². The van der Waals surface area contributed by atoms with Crippen molar-refractivity contribution < 1.29 is 19.5 Å². The molecule has 4 N–H and O–H groups in total. The summed E-state index contributed by atoms with van der Waals surface area (Å²) in [6.45, 7) is 4.50. The standard InChI is InChI=1S/C23H29N5O4/c1-2-9-31-23-20(24)11-18(12-25-23)22-26-21(27-32-22)17-4-3-15-5-7-28(13-19(30)14-29)8-6-16(15)10-17/h3-4,10-12,19,29-30H,2,5-9,13-14,24H2,1H3/t19-/m0/s1. The first-order valence-electron chi connectivity index (χ1n) is 10.9. The van der Waals surface area contributed by atoms with E-state index in [0.717, 1.165) is 37.9 Å². The zero-order valence-corrected chi connectivity index (χ0v) is 18.2. The van der Waals surface area contributed by atoms with Crippen LogP contribution in [-0.2, 0) is 12.8 Å². The molecule has 9 nitrogen and oxygen atoms in total. The van der Waals surface area contributed by atoms with E-state index in [1.54, 1.807) is 12.3 Å². The highest BCUT2D eigenvalue weighted by Crippen LogP contribution is 2.28. The van der Waals surface area contributed by atoms with Crippen molar-refractivity contribution in [1.29, 1.82) is 0 Å². The SMILES string of the molecule is CCCOc1ncc(-c2nc(-c3ccc4c(c3)CCN(C[C@H](O)CO)CC4)no2)cc1N. The molecule has 1 aliphatic rings. The molecular weight excluding hydrogens is 410 g/mol. The molecule has 0 bridgehead atoms. The fraction of sp³-hybridized carbons (Fsp3) is 0.435. The molecule has 1 atom stereocenters. The van der Waals surface area contributed by atoms with Gasteiger partial charge < -0.3 is 30.1 Å². The number of anilines is 1. The van der Waals surface area contributed by atoms with Gasteiger partial charge in [-0.1, -0.05) is 24.2 Å². The van der Waals surface area contributed by atoms with E-state index in [1.807, 2.05) is 13.0 Å². The molecule has 3 aromatic rings. The molecule has 0 saturated heterocycles. The Morgan fingerprint density at radius 1 is 1.19 bits per heavy atom. The number of nitrogens with two attached hydrogens (primary N) is 1. The average Bonchev–Trinajstić information content (AvgIpc) is 3.22. The van der Waals surface area contributed by atoms with Crippen molar-refractivity contribution in [3.8, 4) is 28.7 Å². The third kappa shape index (κ3) is 5.07. The summed E-state index contributed by atoms with van der Waals surface area (Å²) >= 11 is 0. The Bertz CT molecular complexity index is 1050. The number of hydrogen-bond acceptors (Lipinski definition) is 9. The van der Waals surface area contributed by atoms with Crippen LogP contribution in [-0.4, -0.2) is 69.2 Å². The quantitative estimate of drug-likeness (QED) is 0.482. The number of β-amino-alcohol motifs (C(OH)–C–C–N with tert-alkyl or cyclic N) is 1. The summed E-state index contributed by atoms with van der Waals surface area (Å²) in [6, 6.07) is 7.93. The van der Waals surface area contributed by atoms with Crippen LogP contribution in [0.1, 0.15) is 24.5 Å². The zero-order valence-electron chi connectivity index (χ0n) is 18.2. The van der Waals surface area contributed by atoms with Crippen LogP contribution in [0, 0.1) is 0 Å². The number of aliphatic hydroxyl groups excluding tert-OH is 2. The van der Waals surface area contributed by atoms with Gasteiger partial charge in [-0.05, 0) is 42.5 Å². The number of ether oxygens (including phenoxy) is 1. The third-order valence-electron chi connectivity index (χ3n) is 5.53. The maximum absolute atomic E-state index is 9.74. The molecule has 9 heteroatoms. The zero-order chi connectivity index (χ0) is 22.5. The molecule has 32 heavy (non-hydrogen) atoms. The van der Waals surface area contributed by atoms with E-state index in [-0.39, 0.29) is 6.61 Å². The lowest BCUT2D eigenvalue weighted by Gasteiger charge is -2.21. The number of benzene rings is 1. The maximum atomic E-state index is 9.74. The largest absolute Gasteiger partial charge is 0.476 e. The number of hydrogen-bond donors (Lipinski definition) is 3. The van der Waals surface area contributed by atoms with Gasteiger partial charge in [-0.2, -0.15) is 4.98 Å². The lowest BCUT2D eigenvalue weighted by molar-refractivity contribution is 0.0605. The summed E-state index contributed by atoms with van der Waals surface area (Å²) in [5, 5.41) is 23.0. The van der Waals surface area contributed by atoms with Crippen molar-refractivity contribution in [1.82, 2.24) is 20.0 Å². The molecule has 0 spiro atoms. The summed E-state index contributed by atoms with van der Waals surface area (Å²) in [5.41, 5.74) is 10.5. The summed E-state index contributed by atoms with van der Waals surface area (Å²) in [7, 11) is 0. The van der Waals surface area contributed by atoms with Gasteiger partial charge in [0.05, 0.1) is 30.6 Å². The summed E-state index contributed by atoms with van der Waals surface area (Å²) in [4.78, 5) is 11.0. The Labute approximate surface area is 186 Å². The van der Waals surface area contributed by atoms with Crippen molar-refractivity contribution in [3.63, 3.8) is 0 Å². The van der Waals surface area contributed by atoms with Gasteiger partial charge in [-0.25, -0.2) is 4.98 Å². The number of rotatable bonds is 8. The van der Waals surface area contributed by atoms with Gasteiger partial charge in [0, 0.05) is 31.4 Å². The first-order chi connectivity index (χ1) is 15.6. The number of aromatic nitrogens is 3. The molecule has 170 valence electrons. The van der Waals surface area contributed by atoms with Crippen LogP contribution < -0.4 is 10.5 Å². The highest BCUT2D eigenvalue weighted by atomic mass is 16.5. The van der Waals surface area contributed by atoms with Gasteiger partial charge in [0.2, 0.25) is 11.7 Å². The highest BCUT2D eigenvalue weighted by molar-refractivity contribution is 5.65. The van der Waals surface area contributed by atoms with E-state index in [0.29, 0.717) is 42.0 Å². The van der Waals surface area contributed by atoms with Gasteiger partial charge in [-0.3, -0.25) is 0 Å². The van der Waals surface area contributed by atoms with E-state index in [9.17, 15) is 5.11 Å². The van der Waals surface area contributed by atoms with E-state index < -0.39 is 6.10 Å². The number of pyridine rings is 1. The summed E-state index contributed by atoms with van der Waals surface area (Å²) in [6.07, 6.45) is 3.53. The predicted molar refractivity (Wildman–Crippen MR) is 120 cm³/mol. The lowest BCUT2D eigenvalue weighted by Crippen LogP contribution is -2.35. The molecule has 0 radical (unpaired) electrons. The topological polar surface area (TPSA) is 131 Å². The fourth-order valence-electron chi connectivity index (χ4n) is 3.81. The van der Waals surface area contributed by atoms with Gasteiger partial charge in [0.1, 0.15) is 0 Å². The number of nitrogen functional groups attached to an aromatic ring is 1. The molecule has 0 fully saturated rings. The first-order valence-corrected chi connectivity index (χ1v) is 10.9. The number of nitrogens with zero attached hydrogens (tertiary/aromatic N) is 4. The normalized spacial score (nSPS) is 15.2. The lowest BCUT2D eigenvalue weighted by atomic mass is 10.00. The van der Waals surface area contributed by atoms with Gasteiger partial charge in [0.15, 0.2) is 0 Å². The van der Waals surface area contributed by atoms with E-state index in [1.165, 1.54) is 11.1 Å². The van der Waals surface area contributed by atoms with Crippen molar-refractivity contribution >= 4 is 5.69 Å². The first kappa shape index (κ1) is 22.2. The molecule has 1 aliphatic heterocycles. The smallest absolute Gasteiger partial charge is 0.259 e. The Hall–Kier alpha value is -3.01. The van der Waals surface area contributed by atoms with Crippen LogP contribution in [0.5, 0.6) is 5.88 Å². The monoisotopic (exact) mass is 439 g/mol. The summed E-state index contributed by atoms with van der Waals surface area (Å²) < 4.78 is 11.0. The van der Waals surface area contributed by atoms with Crippen LogP contribution in [0.25, 0.3) is 22.8 Å². The third-order valence-corrected chi connectivity index (χ3v) is 5.53. The Kier molecular flexibility index (Phi) is 6.99. The van der Waals surface area contributed by atoms with Crippen LogP contribution in [0.4, 0.5) is 5.69 Å². The molecule has 3 heterocycles. The van der Waals surface area contributed by atoms with Gasteiger partial charge >= 0.3 is 0 Å². The average molecular weight is 440 g/mol. The minimum Gasteiger partial charge on any atom is -0.476 e. The number of fused-ring (bicyclic) bond motifs is 1. The minimum absolute atomic E-state index is 0.219. The predicted octanol–water partition coefficient (Wildman–Crippen LogP) is 1.92. The Morgan fingerprint density at radius 2 is 2.00 bits per heavy atom. The molecule has 4 rings (SSSR count). The summed E-state index contributed by atoms with van der Waals surface area (Å²) in [5.74, 6) is 1.26. The molecule has 0 saturated carbocycles. The van der Waals surface area contributed by atoms with Crippen LogP contribution in [0.15, 0.2) is 35.0 Å². The molecule has 0 unspecified atom stereocenters. The molecule has 2 aromatic heterocycles. The van der Waals surface area contributed by atoms with Gasteiger partial charge in [-0.15, -0.1) is 0 Å². The van der Waals surface area contributed by atoms with E-state index in [4.69, 9.17) is 20.1 Å². The van der Waals surface area contributed by atoms with Crippen molar-refractivity contribution in [2.75, 3.05) is 38.6 Å². The number of aliphatic hydroxyl groups is 2. The fourth-order valence-corrected chi connectivity index (χ4v) is 3.81. The second kappa shape index (κ2) is 10.1. The van der Waals surface area contributed by atoms with E-state index in [2.05, 4.69) is 32.2 Å². The Morgan fingerprint density at radius 3 is 2.75 bits per heavy atom. The molecular formula is C23H29N5O4. The molecule has 1 aromatic carbocycles. The van der Waals surface area contributed by atoms with Crippen LogP contribution in [0.3, 0.4) is 0 Å². The van der Waals surface area contributed by atoms with Crippen molar-refractivity contribution in [2.45, 2.75) is 32.3 Å². The van der Waals surface area contributed by atoms with E-state index >= 15 is 0 Å². The molecule has 0 aliphatic carbocycles. The second-order valence-corrected chi connectivity index (χ2v) is 8.01. The van der Waals surface area contributed by atoms with Crippen LogP contribution in [0.2, 0.25) is 0 Å². The second-order valence-electron chi connectivity index (χ2n) is 8.01. The van der Waals surface area contributed by atoms with Crippen molar-refractivity contribution in [3.05, 3.63) is 41.6 Å². The Balaban J connectivity index is 1.49. The minimum atomic E-state index is -0.708. The van der Waals surface area contributed by atoms with Crippen molar-refractivity contribution in [2.24, 2.45) is 0 Å². The highest BCUT2D eigenvalue weighted by Gasteiger charge is 2.19. The maximum Gasteiger partial charge on any atom is 0.259 e. The van der Waals surface area contributed by atoms with Crippen LogP contribution >= 0.6 is 0 Å². The molecule has 0 amide bonds.